The van der Waals surface area contributed by atoms with E-state index in [0.29, 0.717) is 33.2 Å². The Kier molecular flexibility index (Phi) is 5.82. The molecule has 0 N–H and O–H groups in total. The number of nitrogens with zero attached hydrogens (tertiary/aromatic N) is 1. The van der Waals surface area contributed by atoms with Gasteiger partial charge in [-0.3, -0.25) is 9.59 Å². The van der Waals surface area contributed by atoms with Crippen molar-refractivity contribution in [3.63, 3.8) is 0 Å². The molecule has 0 atom stereocenters. The highest BCUT2D eigenvalue weighted by Gasteiger charge is 2.40. The molecule has 1 aliphatic heterocycles. The number of aryl methyl sites for hydroxylation is 1. The number of benzene rings is 3. The summed E-state index contributed by atoms with van der Waals surface area (Å²) in [7, 11) is 3.05. The monoisotopic (exact) mass is 431 g/mol. The Morgan fingerprint density at radius 2 is 1.45 bits per heavy atom. The SMILES string of the molecule is COc1ccc(N2C(=O)C(Sc3ccccc3)=C(c3ccc(C)cc3)C2=O)cc1OC. The number of methoxy groups -OCH3 is 2. The third-order valence-electron chi connectivity index (χ3n) is 4.97. The normalized spacial score (nSPS) is 13.7. The molecular weight excluding hydrogens is 410 g/mol. The molecule has 0 aromatic heterocycles. The quantitative estimate of drug-likeness (QED) is 0.509. The molecule has 5 nitrogen and oxygen atoms in total. The van der Waals surface area contributed by atoms with E-state index in [9.17, 15) is 9.59 Å². The highest BCUT2D eigenvalue weighted by Crippen LogP contribution is 2.42. The number of thioether (sulfide) groups is 1. The molecule has 6 heteroatoms. The molecule has 0 bridgehead atoms. The summed E-state index contributed by atoms with van der Waals surface area (Å²) >= 11 is 1.30. The van der Waals surface area contributed by atoms with Gasteiger partial charge in [0.15, 0.2) is 11.5 Å². The molecular formula is C25H21NO4S. The molecule has 156 valence electrons. The maximum absolute atomic E-state index is 13.5. The Labute approximate surface area is 185 Å². The van der Waals surface area contributed by atoms with Crippen LogP contribution in [0.1, 0.15) is 11.1 Å². The molecule has 0 unspecified atom stereocenters. The lowest BCUT2D eigenvalue weighted by atomic mass is 10.0. The number of hydrogen-bond donors (Lipinski definition) is 0. The number of anilines is 1. The fourth-order valence-corrected chi connectivity index (χ4v) is 4.40. The van der Waals surface area contributed by atoms with E-state index in [1.54, 1.807) is 18.2 Å². The predicted molar refractivity (Wildman–Crippen MR) is 122 cm³/mol. The van der Waals surface area contributed by atoms with Crippen molar-refractivity contribution in [1.29, 1.82) is 0 Å². The molecule has 0 aliphatic carbocycles. The van der Waals surface area contributed by atoms with Crippen molar-refractivity contribution >= 4 is 34.8 Å². The van der Waals surface area contributed by atoms with E-state index in [1.807, 2.05) is 61.5 Å². The van der Waals surface area contributed by atoms with Crippen molar-refractivity contribution in [3.8, 4) is 11.5 Å². The number of imide groups is 1. The number of hydrogen-bond acceptors (Lipinski definition) is 5. The van der Waals surface area contributed by atoms with Crippen LogP contribution in [0.4, 0.5) is 5.69 Å². The second-order valence-electron chi connectivity index (χ2n) is 6.97. The van der Waals surface area contributed by atoms with Gasteiger partial charge >= 0.3 is 0 Å². The lowest BCUT2D eigenvalue weighted by molar-refractivity contribution is -0.119. The molecule has 3 aromatic rings. The molecule has 1 aliphatic rings. The summed E-state index contributed by atoms with van der Waals surface area (Å²) in [4.78, 5) is 29.5. The van der Waals surface area contributed by atoms with Gasteiger partial charge in [0.25, 0.3) is 11.8 Å². The zero-order valence-electron chi connectivity index (χ0n) is 17.4. The van der Waals surface area contributed by atoms with Crippen molar-refractivity contribution < 1.29 is 19.1 Å². The molecule has 4 rings (SSSR count). The van der Waals surface area contributed by atoms with Crippen molar-refractivity contribution in [2.24, 2.45) is 0 Å². The summed E-state index contributed by atoms with van der Waals surface area (Å²) in [6.07, 6.45) is 0. The lowest BCUT2D eigenvalue weighted by Gasteiger charge is -2.17. The van der Waals surface area contributed by atoms with Crippen LogP contribution in [0.25, 0.3) is 5.57 Å². The molecule has 0 saturated heterocycles. The van der Waals surface area contributed by atoms with Crippen LogP contribution in [-0.2, 0) is 9.59 Å². The molecule has 0 saturated carbocycles. The van der Waals surface area contributed by atoms with Gasteiger partial charge in [-0.15, -0.1) is 0 Å². The second-order valence-corrected chi connectivity index (χ2v) is 8.05. The van der Waals surface area contributed by atoms with Crippen molar-refractivity contribution in [3.05, 3.63) is 88.8 Å². The maximum Gasteiger partial charge on any atom is 0.272 e. The Morgan fingerprint density at radius 3 is 2.10 bits per heavy atom. The molecule has 1 heterocycles. The van der Waals surface area contributed by atoms with E-state index >= 15 is 0 Å². The minimum Gasteiger partial charge on any atom is -0.493 e. The van der Waals surface area contributed by atoms with E-state index < -0.39 is 0 Å². The van der Waals surface area contributed by atoms with Gasteiger partial charge in [-0.1, -0.05) is 59.8 Å². The first kappa shape index (κ1) is 20.8. The molecule has 3 aromatic carbocycles. The van der Waals surface area contributed by atoms with Gasteiger partial charge in [0.05, 0.1) is 30.4 Å². The van der Waals surface area contributed by atoms with E-state index in [1.165, 1.54) is 30.9 Å². The van der Waals surface area contributed by atoms with Crippen LogP contribution in [0.3, 0.4) is 0 Å². The van der Waals surface area contributed by atoms with Crippen LogP contribution in [0.15, 0.2) is 82.6 Å². The first-order valence-corrected chi connectivity index (χ1v) is 10.5. The van der Waals surface area contributed by atoms with E-state index in [4.69, 9.17) is 9.47 Å². The maximum atomic E-state index is 13.5. The first-order chi connectivity index (χ1) is 15.0. The molecule has 0 spiro atoms. The minimum atomic E-state index is -0.362. The smallest absolute Gasteiger partial charge is 0.272 e. The van der Waals surface area contributed by atoms with Crippen LogP contribution in [-0.4, -0.2) is 26.0 Å². The minimum absolute atomic E-state index is 0.360. The highest BCUT2D eigenvalue weighted by atomic mass is 32.2. The predicted octanol–water partition coefficient (Wildman–Crippen LogP) is 5.09. The molecule has 2 amide bonds. The topological polar surface area (TPSA) is 55.8 Å². The fraction of sp³-hybridized carbons (Fsp3) is 0.120. The van der Waals surface area contributed by atoms with Gasteiger partial charge in [-0.2, -0.15) is 0 Å². The van der Waals surface area contributed by atoms with Gasteiger partial charge in [0.2, 0.25) is 0 Å². The Bertz CT molecular complexity index is 1170. The van der Waals surface area contributed by atoms with Crippen molar-refractivity contribution in [2.75, 3.05) is 19.1 Å². The molecule has 0 radical (unpaired) electrons. The van der Waals surface area contributed by atoms with Crippen molar-refractivity contribution in [2.45, 2.75) is 11.8 Å². The zero-order valence-corrected chi connectivity index (χ0v) is 18.2. The van der Waals surface area contributed by atoms with Crippen LogP contribution in [0.5, 0.6) is 11.5 Å². The summed E-state index contributed by atoms with van der Waals surface area (Å²) in [5.41, 5.74) is 2.62. The molecule has 31 heavy (non-hydrogen) atoms. The summed E-state index contributed by atoms with van der Waals surface area (Å²) in [5.74, 6) is 0.249. The Hall–Kier alpha value is -3.51. The fourth-order valence-electron chi connectivity index (χ4n) is 3.38. The van der Waals surface area contributed by atoms with Gasteiger partial charge in [0.1, 0.15) is 0 Å². The standard InChI is InChI=1S/C25H21NO4S/c1-16-9-11-17(12-10-16)22-23(31-19-7-5-4-6-8-19)25(28)26(24(22)27)18-13-14-20(29-2)21(15-18)30-3/h4-15H,1-3H3. The number of carbonyl (C=O) groups is 2. The third kappa shape index (κ3) is 3.94. The Morgan fingerprint density at radius 1 is 0.774 bits per heavy atom. The van der Waals surface area contributed by atoms with Gasteiger partial charge in [-0.25, -0.2) is 4.90 Å². The lowest BCUT2D eigenvalue weighted by Crippen LogP contribution is -2.31. The van der Waals surface area contributed by atoms with Crippen LogP contribution in [0.2, 0.25) is 0 Å². The average molecular weight is 432 g/mol. The number of carbonyl (C=O) groups excluding carboxylic acids is 2. The van der Waals surface area contributed by atoms with Gasteiger partial charge in [0, 0.05) is 11.0 Å². The number of amides is 2. The average Bonchev–Trinajstić information content (AvgIpc) is 3.04. The largest absolute Gasteiger partial charge is 0.493 e. The summed E-state index contributed by atoms with van der Waals surface area (Å²) < 4.78 is 10.6. The van der Waals surface area contributed by atoms with Gasteiger partial charge < -0.3 is 9.47 Å². The first-order valence-electron chi connectivity index (χ1n) is 9.68. The van der Waals surface area contributed by atoms with E-state index in [-0.39, 0.29) is 11.8 Å². The summed E-state index contributed by atoms with van der Waals surface area (Å²) in [5, 5.41) is 0. The van der Waals surface area contributed by atoms with E-state index in [0.717, 1.165) is 10.5 Å². The van der Waals surface area contributed by atoms with E-state index in [2.05, 4.69) is 0 Å². The second kappa shape index (κ2) is 8.70. The summed E-state index contributed by atoms with van der Waals surface area (Å²) in [6.45, 7) is 1.98. The van der Waals surface area contributed by atoms with Crippen molar-refractivity contribution in [1.82, 2.24) is 0 Å². The zero-order chi connectivity index (χ0) is 22.0. The van der Waals surface area contributed by atoms with Gasteiger partial charge in [-0.05, 0) is 36.8 Å². The number of rotatable bonds is 6. The Balaban J connectivity index is 1.81. The molecule has 0 fully saturated rings. The highest BCUT2D eigenvalue weighted by molar-refractivity contribution is 8.04. The third-order valence-corrected chi connectivity index (χ3v) is 6.06. The summed E-state index contributed by atoms with van der Waals surface area (Å²) in [6, 6.07) is 22.2. The van der Waals surface area contributed by atoms with Crippen LogP contribution in [0, 0.1) is 6.92 Å². The van der Waals surface area contributed by atoms with Crippen LogP contribution >= 0.6 is 11.8 Å². The van der Waals surface area contributed by atoms with Crippen LogP contribution < -0.4 is 14.4 Å². The number of ether oxygens (including phenoxy) is 2.